The fraction of sp³-hybridized carbons (Fsp3) is 0.833. The van der Waals surface area contributed by atoms with E-state index in [1.807, 2.05) is 0 Å². The van der Waals surface area contributed by atoms with Gasteiger partial charge in [0.05, 0.1) is 5.92 Å². The first-order valence-electron chi connectivity index (χ1n) is 6.17. The van der Waals surface area contributed by atoms with Crippen LogP contribution in [0, 0.1) is 11.8 Å². The number of carboxylic acids is 1. The van der Waals surface area contributed by atoms with Gasteiger partial charge in [-0.05, 0) is 25.2 Å². The fourth-order valence-electron chi connectivity index (χ4n) is 2.30. The Morgan fingerprint density at radius 2 is 2.00 bits per heavy atom. The summed E-state index contributed by atoms with van der Waals surface area (Å²) in [7, 11) is 0. The van der Waals surface area contributed by atoms with Crippen LogP contribution in [0.2, 0.25) is 0 Å². The summed E-state index contributed by atoms with van der Waals surface area (Å²) >= 11 is 0. The zero-order valence-corrected chi connectivity index (χ0v) is 9.52. The van der Waals surface area contributed by atoms with Crippen LogP contribution in [0.15, 0.2) is 0 Å². The Kier molecular flexibility index (Phi) is 3.46. The van der Waals surface area contributed by atoms with E-state index in [2.05, 4.69) is 0 Å². The molecular formula is C12H19NO3. The van der Waals surface area contributed by atoms with Crippen molar-refractivity contribution in [1.82, 2.24) is 4.90 Å². The Labute approximate surface area is 95.6 Å². The van der Waals surface area contributed by atoms with Crippen LogP contribution >= 0.6 is 0 Å². The number of carbonyl (C=O) groups excluding carboxylic acids is 1. The molecule has 1 aliphatic carbocycles. The van der Waals surface area contributed by atoms with E-state index < -0.39 is 5.97 Å². The minimum atomic E-state index is -0.764. The van der Waals surface area contributed by atoms with Crippen molar-refractivity contribution in [2.24, 2.45) is 11.8 Å². The second-order valence-corrected chi connectivity index (χ2v) is 5.00. The third-order valence-corrected chi connectivity index (χ3v) is 3.59. The minimum absolute atomic E-state index is 0.151. The molecule has 0 radical (unpaired) electrons. The SMILES string of the molecule is O=C(O)C1CCCN(C(=O)CCC2CC2)C1. The maximum atomic E-state index is 11.8. The average molecular weight is 225 g/mol. The summed E-state index contributed by atoms with van der Waals surface area (Å²) in [6.45, 7) is 1.16. The van der Waals surface area contributed by atoms with Crippen molar-refractivity contribution in [3.8, 4) is 0 Å². The van der Waals surface area contributed by atoms with Gasteiger partial charge >= 0.3 is 5.97 Å². The average Bonchev–Trinajstić information content (AvgIpc) is 3.10. The smallest absolute Gasteiger partial charge is 0.308 e. The molecule has 0 aromatic heterocycles. The van der Waals surface area contributed by atoms with Crippen molar-refractivity contribution < 1.29 is 14.7 Å². The van der Waals surface area contributed by atoms with Gasteiger partial charge < -0.3 is 10.0 Å². The minimum Gasteiger partial charge on any atom is -0.481 e. The van der Waals surface area contributed by atoms with E-state index in [0.717, 1.165) is 25.3 Å². The summed E-state index contributed by atoms with van der Waals surface area (Å²) in [6.07, 6.45) is 5.67. The van der Waals surface area contributed by atoms with Gasteiger partial charge in [-0.3, -0.25) is 9.59 Å². The molecule has 2 fully saturated rings. The van der Waals surface area contributed by atoms with Crippen LogP contribution in [0.4, 0.5) is 0 Å². The molecule has 1 amide bonds. The molecule has 1 N–H and O–H groups in total. The molecule has 90 valence electrons. The largest absolute Gasteiger partial charge is 0.481 e. The number of nitrogens with zero attached hydrogens (tertiary/aromatic N) is 1. The van der Waals surface area contributed by atoms with E-state index >= 15 is 0 Å². The molecule has 1 unspecified atom stereocenters. The van der Waals surface area contributed by atoms with E-state index in [1.165, 1.54) is 12.8 Å². The molecule has 4 nitrogen and oxygen atoms in total. The molecule has 4 heteroatoms. The lowest BCUT2D eigenvalue weighted by atomic mass is 9.98. The highest BCUT2D eigenvalue weighted by molar-refractivity contribution is 5.78. The number of piperidine rings is 1. The summed E-state index contributed by atoms with van der Waals surface area (Å²) in [5.74, 6) is -0.194. The van der Waals surface area contributed by atoms with Crippen molar-refractivity contribution in [3.63, 3.8) is 0 Å². The van der Waals surface area contributed by atoms with E-state index in [9.17, 15) is 9.59 Å². The third-order valence-electron chi connectivity index (χ3n) is 3.59. The number of hydrogen-bond donors (Lipinski definition) is 1. The molecule has 16 heavy (non-hydrogen) atoms. The van der Waals surface area contributed by atoms with Gasteiger partial charge in [-0.1, -0.05) is 12.8 Å². The summed E-state index contributed by atoms with van der Waals surface area (Å²) in [5.41, 5.74) is 0. The van der Waals surface area contributed by atoms with E-state index in [-0.39, 0.29) is 11.8 Å². The van der Waals surface area contributed by atoms with Crippen LogP contribution in [0.3, 0.4) is 0 Å². The molecule has 1 saturated heterocycles. The highest BCUT2D eigenvalue weighted by Gasteiger charge is 2.29. The molecule has 1 atom stereocenters. The van der Waals surface area contributed by atoms with Crippen molar-refractivity contribution >= 4 is 11.9 Å². The number of amides is 1. The molecule has 0 aromatic carbocycles. The predicted molar refractivity (Wildman–Crippen MR) is 58.9 cm³/mol. The number of carbonyl (C=O) groups is 2. The molecule has 2 aliphatic rings. The summed E-state index contributed by atoms with van der Waals surface area (Å²) in [5, 5.41) is 8.93. The molecule has 1 aliphatic heterocycles. The Bertz CT molecular complexity index is 286. The molecule has 0 aromatic rings. The van der Waals surface area contributed by atoms with Gasteiger partial charge in [-0.25, -0.2) is 0 Å². The Balaban J connectivity index is 1.78. The highest BCUT2D eigenvalue weighted by atomic mass is 16.4. The lowest BCUT2D eigenvalue weighted by molar-refractivity contribution is -0.145. The summed E-state index contributed by atoms with van der Waals surface area (Å²) in [6, 6.07) is 0. The first-order chi connectivity index (χ1) is 7.66. The lowest BCUT2D eigenvalue weighted by Gasteiger charge is -2.30. The van der Waals surface area contributed by atoms with Gasteiger partial charge in [0, 0.05) is 19.5 Å². The topological polar surface area (TPSA) is 57.6 Å². The summed E-state index contributed by atoms with van der Waals surface area (Å²) in [4.78, 5) is 24.4. The van der Waals surface area contributed by atoms with Crippen LogP contribution in [-0.4, -0.2) is 35.0 Å². The number of hydrogen-bond acceptors (Lipinski definition) is 2. The van der Waals surface area contributed by atoms with E-state index in [1.54, 1.807) is 4.90 Å². The number of likely N-dealkylation sites (tertiary alicyclic amines) is 1. The Morgan fingerprint density at radius 1 is 1.25 bits per heavy atom. The Hall–Kier alpha value is -1.06. The fourth-order valence-corrected chi connectivity index (χ4v) is 2.30. The molecular weight excluding hydrogens is 206 g/mol. The second kappa shape index (κ2) is 4.85. The van der Waals surface area contributed by atoms with Crippen molar-refractivity contribution in [3.05, 3.63) is 0 Å². The quantitative estimate of drug-likeness (QED) is 0.788. The molecule has 1 saturated carbocycles. The first kappa shape index (κ1) is 11.4. The predicted octanol–water partition coefficient (Wildman–Crippen LogP) is 1.50. The van der Waals surface area contributed by atoms with Gasteiger partial charge in [-0.15, -0.1) is 0 Å². The van der Waals surface area contributed by atoms with Gasteiger partial charge in [0.2, 0.25) is 5.91 Å². The maximum Gasteiger partial charge on any atom is 0.308 e. The maximum absolute atomic E-state index is 11.8. The van der Waals surface area contributed by atoms with Crippen LogP contribution in [0.5, 0.6) is 0 Å². The van der Waals surface area contributed by atoms with Gasteiger partial charge in [0.15, 0.2) is 0 Å². The highest BCUT2D eigenvalue weighted by Crippen LogP contribution is 2.33. The van der Waals surface area contributed by atoms with Crippen LogP contribution in [-0.2, 0) is 9.59 Å². The van der Waals surface area contributed by atoms with Crippen LogP contribution in [0.1, 0.15) is 38.5 Å². The van der Waals surface area contributed by atoms with Crippen LogP contribution in [0.25, 0.3) is 0 Å². The number of aliphatic carboxylic acids is 1. The molecule has 2 rings (SSSR count). The van der Waals surface area contributed by atoms with E-state index in [4.69, 9.17) is 5.11 Å². The molecule has 0 spiro atoms. The van der Waals surface area contributed by atoms with Crippen molar-refractivity contribution in [1.29, 1.82) is 0 Å². The zero-order chi connectivity index (χ0) is 11.5. The Morgan fingerprint density at radius 3 is 2.62 bits per heavy atom. The molecule has 1 heterocycles. The zero-order valence-electron chi connectivity index (χ0n) is 9.52. The number of rotatable bonds is 4. The third kappa shape index (κ3) is 2.97. The van der Waals surface area contributed by atoms with Crippen molar-refractivity contribution in [2.75, 3.05) is 13.1 Å². The normalized spacial score (nSPS) is 25.5. The lowest BCUT2D eigenvalue weighted by Crippen LogP contribution is -2.42. The van der Waals surface area contributed by atoms with E-state index in [0.29, 0.717) is 19.4 Å². The standard InChI is InChI=1S/C12H19NO3/c14-11(6-5-9-3-4-9)13-7-1-2-10(8-13)12(15)16/h9-10H,1-8H2,(H,15,16). The van der Waals surface area contributed by atoms with Gasteiger partial charge in [-0.2, -0.15) is 0 Å². The summed E-state index contributed by atoms with van der Waals surface area (Å²) < 4.78 is 0. The van der Waals surface area contributed by atoms with Gasteiger partial charge in [0.1, 0.15) is 0 Å². The molecule has 0 bridgehead atoms. The second-order valence-electron chi connectivity index (χ2n) is 5.00. The van der Waals surface area contributed by atoms with Crippen molar-refractivity contribution in [2.45, 2.75) is 38.5 Å². The first-order valence-corrected chi connectivity index (χ1v) is 6.17. The van der Waals surface area contributed by atoms with Gasteiger partial charge in [0.25, 0.3) is 0 Å². The monoisotopic (exact) mass is 225 g/mol. The van der Waals surface area contributed by atoms with Crippen LogP contribution < -0.4 is 0 Å². The number of carboxylic acid groups (broad SMARTS) is 1.